The molecule has 23 heavy (non-hydrogen) atoms. The number of rotatable bonds is 15. The Hall–Kier alpha value is -1.51. The summed E-state index contributed by atoms with van der Waals surface area (Å²) in [5.41, 5.74) is 0. The predicted octanol–water partition coefficient (Wildman–Crippen LogP) is 4.99. The Labute approximate surface area is 141 Å². The van der Waals surface area contributed by atoms with E-state index in [-0.39, 0.29) is 42.5 Å². The molecule has 0 aromatic heterocycles. The summed E-state index contributed by atoms with van der Waals surface area (Å²) in [7, 11) is 0. The van der Waals surface area contributed by atoms with Crippen molar-refractivity contribution in [2.75, 3.05) is 0 Å². The number of allylic oxidation sites excluding steroid dienone is 3. The molecule has 1 unspecified atom stereocenters. The lowest BCUT2D eigenvalue weighted by atomic mass is 9.91. The Balaban J connectivity index is 4.05. The maximum atomic E-state index is 11.9. The van der Waals surface area contributed by atoms with Crippen LogP contribution in [0.4, 0.5) is 0 Å². The molecule has 0 aliphatic rings. The van der Waals surface area contributed by atoms with E-state index in [1.165, 1.54) is 45.1 Å². The van der Waals surface area contributed by atoms with Crippen LogP contribution < -0.4 is 0 Å². The number of hydrogen-bond acceptors (Lipinski definition) is 3. The van der Waals surface area contributed by atoms with E-state index in [1.54, 1.807) is 6.08 Å². The third-order valence-electron chi connectivity index (χ3n) is 3.81. The van der Waals surface area contributed by atoms with Gasteiger partial charge in [-0.05, 0) is 37.8 Å². The van der Waals surface area contributed by atoms with Crippen molar-refractivity contribution in [1.82, 2.24) is 0 Å². The molecular weight excluding hydrogens is 288 g/mol. The van der Waals surface area contributed by atoms with Gasteiger partial charge in [-0.3, -0.25) is 9.59 Å². The van der Waals surface area contributed by atoms with Gasteiger partial charge in [-0.25, -0.2) is 0 Å². The van der Waals surface area contributed by atoms with Gasteiger partial charge >= 0.3 is 0 Å². The van der Waals surface area contributed by atoms with Crippen LogP contribution in [0.3, 0.4) is 0 Å². The monoisotopic (exact) mass is 320 g/mol. The number of carbonyl (C=O) groups is 3. The molecule has 0 saturated heterocycles. The highest BCUT2D eigenvalue weighted by Crippen LogP contribution is 2.16. The minimum absolute atomic E-state index is 0.000838. The lowest BCUT2D eigenvalue weighted by Gasteiger charge is -2.11. The maximum absolute atomic E-state index is 11.9. The van der Waals surface area contributed by atoms with Gasteiger partial charge < -0.3 is 4.79 Å². The predicted molar refractivity (Wildman–Crippen MR) is 95.4 cm³/mol. The third-order valence-corrected chi connectivity index (χ3v) is 3.81. The highest BCUT2D eigenvalue weighted by Gasteiger charge is 2.17. The molecule has 1 atom stereocenters. The van der Waals surface area contributed by atoms with Crippen molar-refractivity contribution in [2.24, 2.45) is 5.92 Å². The van der Waals surface area contributed by atoms with Crippen LogP contribution in [0.5, 0.6) is 0 Å². The molecule has 0 fully saturated rings. The van der Waals surface area contributed by atoms with Crippen molar-refractivity contribution in [3.63, 3.8) is 0 Å². The molecule has 0 aromatic rings. The lowest BCUT2D eigenvalue weighted by molar-refractivity contribution is -0.120. The first kappa shape index (κ1) is 21.5. The number of carbonyl (C=O) groups excluding carboxylic acids is 3. The van der Waals surface area contributed by atoms with E-state index < -0.39 is 0 Å². The molecule has 0 spiro atoms. The zero-order valence-electron chi connectivity index (χ0n) is 14.8. The average molecular weight is 320 g/mol. The second-order valence-corrected chi connectivity index (χ2v) is 6.28. The molecule has 0 rings (SSSR count). The molecule has 0 saturated carbocycles. The van der Waals surface area contributed by atoms with E-state index in [1.807, 2.05) is 6.08 Å². The van der Waals surface area contributed by atoms with E-state index in [2.05, 4.69) is 13.5 Å². The van der Waals surface area contributed by atoms with Gasteiger partial charge in [0.25, 0.3) is 0 Å². The molecule has 130 valence electrons. The van der Waals surface area contributed by atoms with Crippen LogP contribution >= 0.6 is 0 Å². The highest BCUT2D eigenvalue weighted by molar-refractivity contribution is 5.93. The largest absolute Gasteiger partial charge is 0.300 e. The summed E-state index contributed by atoms with van der Waals surface area (Å²) in [6.45, 7) is 7.13. The topological polar surface area (TPSA) is 51.2 Å². The molecule has 0 aliphatic carbocycles. The Morgan fingerprint density at radius 2 is 1.52 bits per heavy atom. The first-order valence-electron chi connectivity index (χ1n) is 8.83. The maximum Gasteiger partial charge on any atom is 0.155 e. The second kappa shape index (κ2) is 14.1. The molecule has 0 bridgehead atoms. The van der Waals surface area contributed by atoms with Crippen molar-refractivity contribution < 1.29 is 14.4 Å². The van der Waals surface area contributed by atoms with Crippen molar-refractivity contribution >= 4 is 17.3 Å². The van der Waals surface area contributed by atoms with Crippen LogP contribution in [0.15, 0.2) is 24.8 Å². The van der Waals surface area contributed by atoms with Crippen LogP contribution in [-0.4, -0.2) is 17.3 Å². The quantitative estimate of drug-likeness (QED) is 0.315. The van der Waals surface area contributed by atoms with Gasteiger partial charge in [-0.1, -0.05) is 51.7 Å². The SMILES string of the molecule is C=CC(=O)CC(CC(C)=O)CC(=O)/C=C\CCCCCCCC. The van der Waals surface area contributed by atoms with Gasteiger partial charge in [0.1, 0.15) is 5.78 Å². The van der Waals surface area contributed by atoms with Gasteiger partial charge in [0, 0.05) is 19.3 Å². The second-order valence-electron chi connectivity index (χ2n) is 6.28. The first-order chi connectivity index (χ1) is 11.0. The lowest BCUT2D eigenvalue weighted by Crippen LogP contribution is -2.14. The van der Waals surface area contributed by atoms with Crippen molar-refractivity contribution in [1.29, 1.82) is 0 Å². The smallest absolute Gasteiger partial charge is 0.155 e. The van der Waals surface area contributed by atoms with Gasteiger partial charge in [0.05, 0.1) is 0 Å². The number of unbranched alkanes of at least 4 members (excludes halogenated alkanes) is 6. The van der Waals surface area contributed by atoms with E-state index in [0.717, 1.165) is 12.8 Å². The van der Waals surface area contributed by atoms with Crippen molar-refractivity contribution in [3.8, 4) is 0 Å². The molecule has 3 nitrogen and oxygen atoms in total. The van der Waals surface area contributed by atoms with Gasteiger partial charge in [-0.15, -0.1) is 0 Å². The highest BCUT2D eigenvalue weighted by atomic mass is 16.1. The van der Waals surface area contributed by atoms with E-state index >= 15 is 0 Å². The van der Waals surface area contributed by atoms with Crippen LogP contribution in [0.1, 0.15) is 78.1 Å². The summed E-state index contributed by atoms with van der Waals surface area (Å²) >= 11 is 0. The molecular formula is C20H32O3. The molecule has 0 radical (unpaired) electrons. The van der Waals surface area contributed by atoms with Crippen LogP contribution in [-0.2, 0) is 14.4 Å². The third kappa shape index (κ3) is 13.8. The van der Waals surface area contributed by atoms with Gasteiger partial charge in [-0.2, -0.15) is 0 Å². The Morgan fingerprint density at radius 1 is 0.913 bits per heavy atom. The molecule has 0 aliphatic heterocycles. The standard InChI is InChI=1S/C20H32O3/c1-4-6-7-8-9-10-11-12-13-20(23)16-18(14-17(3)21)15-19(22)5-2/h5,12-13,18H,2,4,6-11,14-16H2,1,3H3/b13-12-. The minimum atomic E-state index is -0.204. The molecule has 0 aromatic carbocycles. The molecule has 0 heterocycles. The van der Waals surface area contributed by atoms with Crippen LogP contribution in [0.2, 0.25) is 0 Å². The van der Waals surface area contributed by atoms with Crippen LogP contribution in [0.25, 0.3) is 0 Å². The Morgan fingerprint density at radius 3 is 2.13 bits per heavy atom. The molecule has 3 heteroatoms. The zero-order valence-corrected chi connectivity index (χ0v) is 14.8. The average Bonchev–Trinajstić information content (AvgIpc) is 2.49. The summed E-state index contributed by atoms with van der Waals surface area (Å²) in [5.74, 6) is -0.306. The van der Waals surface area contributed by atoms with Crippen molar-refractivity contribution in [2.45, 2.75) is 78.1 Å². The van der Waals surface area contributed by atoms with Crippen LogP contribution in [0, 0.1) is 5.92 Å². The van der Waals surface area contributed by atoms with Crippen molar-refractivity contribution in [3.05, 3.63) is 24.8 Å². The summed E-state index contributed by atoms with van der Waals surface area (Å²) < 4.78 is 0. The summed E-state index contributed by atoms with van der Waals surface area (Å²) in [6.07, 6.45) is 13.9. The Kier molecular flexibility index (Phi) is 13.2. The van der Waals surface area contributed by atoms with Gasteiger partial charge in [0.2, 0.25) is 0 Å². The van der Waals surface area contributed by atoms with E-state index in [0.29, 0.717) is 0 Å². The van der Waals surface area contributed by atoms with Gasteiger partial charge in [0.15, 0.2) is 11.6 Å². The minimum Gasteiger partial charge on any atom is -0.300 e. The number of Topliss-reactive ketones (excluding diaryl/α,β-unsaturated/α-hetero) is 1. The summed E-state index contributed by atoms with van der Waals surface area (Å²) in [4.78, 5) is 34.6. The first-order valence-corrected chi connectivity index (χ1v) is 8.83. The number of ketones is 3. The fourth-order valence-electron chi connectivity index (χ4n) is 2.60. The summed E-state index contributed by atoms with van der Waals surface area (Å²) in [6, 6.07) is 0. The van der Waals surface area contributed by atoms with E-state index in [9.17, 15) is 14.4 Å². The summed E-state index contributed by atoms with van der Waals surface area (Å²) in [5, 5.41) is 0. The number of hydrogen-bond donors (Lipinski definition) is 0. The fraction of sp³-hybridized carbons (Fsp3) is 0.650. The fourth-order valence-corrected chi connectivity index (χ4v) is 2.60. The molecule has 0 amide bonds. The normalized spacial score (nSPS) is 12.3. The van der Waals surface area contributed by atoms with E-state index in [4.69, 9.17) is 0 Å². The zero-order chi connectivity index (χ0) is 17.5. The molecule has 0 N–H and O–H groups in total. The Bertz CT molecular complexity index is 407.